The summed E-state index contributed by atoms with van der Waals surface area (Å²) in [5.41, 5.74) is 3.53. The Hall–Kier alpha value is -2.36. The summed E-state index contributed by atoms with van der Waals surface area (Å²) < 4.78 is 5.60. The number of carbonyl (C=O) groups excluding carboxylic acids is 1. The third-order valence-corrected chi connectivity index (χ3v) is 3.27. The molecule has 0 aliphatic carbocycles. The fourth-order valence-electron chi connectivity index (χ4n) is 2.35. The van der Waals surface area contributed by atoms with Gasteiger partial charge in [-0.2, -0.15) is 5.26 Å². The molecule has 2 rings (SSSR count). The van der Waals surface area contributed by atoms with Crippen molar-refractivity contribution in [2.45, 2.75) is 13.5 Å². The number of para-hydroxylation sites is 1. The van der Waals surface area contributed by atoms with Gasteiger partial charge < -0.3 is 9.32 Å². The highest BCUT2D eigenvalue weighted by Crippen LogP contribution is 2.27. The highest BCUT2D eigenvalue weighted by Gasteiger charge is 2.21. The van der Waals surface area contributed by atoms with Crippen molar-refractivity contribution in [3.05, 3.63) is 35.6 Å². The topological polar surface area (TPSA) is 95.3 Å². The van der Waals surface area contributed by atoms with Gasteiger partial charge >= 0.3 is 5.91 Å². The Bertz CT molecular complexity index is 687. The normalized spacial score (nSPS) is 12.3. The molecule has 6 nitrogen and oxygen atoms in total. The van der Waals surface area contributed by atoms with Gasteiger partial charge in [0, 0.05) is 24.0 Å². The molecule has 0 saturated carbocycles. The summed E-state index contributed by atoms with van der Waals surface area (Å²) in [7, 11) is 1.90. The molecule has 6 heteroatoms. The van der Waals surface area contributed by atoms with E-state index in [2.05, 4.69) is 11.5 Å². The van der Waals surface area contributed by atoms with Crippen molar-refractivity contribution >= 4 is 16.9 Å². The largest absolute Gasteiger partial charge is 0.451 e. The number of furan rings is 1. The summed E-state index contributed by atoms with van der Waals surface area (Å²) >= 11 is 0. The fourth-order valence-corrected chi connectivity index (χ4v) is 2.35. The summed E-state index contributed by atoms with van der Waals surface area (Å²) in [6, 6.07) is 9.65. The van der Waals surface area contributed by atoms with Crippen molar-refractivity contribution in [2.75, 3.05) is 13.6 Å². The molecule has 2 aromatic rings. The van der Waals surface area contributed by atoms with E-state index in [9.17, 15) is 4.79 Å². The van der Waals surface area contributed by atoms with Crippen molar-refractivity contribution in [1.29, 1.82) is 5.26 Å². The fraction of sp³-hybridized carbons (Fsp3) is 0.333. The molecule has 1 heterocycles. The minimum atomic E-state index is -0.456. The van der Waals surface area contributed by atoms with Gasteiger partial charge in [0.25, 0.3) is 0 Å². The number of hydrogen-bond acceptors (Lipinski definition) is 5. The molecule has 0 aliphatic rings. The Kier molecular flexibility index (Phi) is 4.58. The number of fused-ring (bicyclic) bond motifs is 1. The molecule has 0 radical (unpaired) electrons. The number of hydrazine groups is 1. The number of benzene rings is 1. The number of amides is 1. The van der Waals surface area contributed by atoms with Crippen LogP contribution in [-0.4, -0.2) is 24.4 Å². The van der Waals surface area contributed by atoms with E-state index in [1.165, 1.54) is 0 Å². The third-order valence-electron chi connectivity index (χ3n) is 3.27. The molecule has 1 aromatic heterocycles. The molecule has 21 heavy (non-hydrogen) atoms. The van der Waals surface area contributed by atoms with E-state index < -0.39 is 5.91 Å². The maximum atomic E-state index is 11.9. The molecule has 1 aromatic carbocycles. The maximum absolute atomic E-state index is 11.9. The molecule has 3 N–H and O–H groups in total. The molecular formula is C15H18N4O2. The zero-order chi connectivity index (χ0) is 15.4. The Morgan fingerprint density at radius 3 is 2.90 bits per heavy atom. The van der Waals surface area contributed by atoms with E-state index in [-0.39, 0.29) is 11.7 Å². The number of nitriles is 1. The minimum absolute atomic E-state index is 0.0834. The van der Waals surface area contributed by atoms with Crippen molar-refractivity contribution < 1.29 is 9.21 Å². The van der Waals surface area contributed by atoms with Gasteiger partial charge in [0.1, 0.15) is 5.58 Å². The van der Waals surface area contributed by atoms with Gasteiger partial charge in [-0.1, -0.05) is 18.2 Å². The zero-order valence-corrected chi connectivity index (χ0v) is 12.1. The van der Waals surface area contributed by atoms with Gasteiger partial charge in [0.05, 0.1) is 12.0 Å². The third kappa shape index (κ3) is 3.21. The number of nitrogens with two attached hydrogens (primary N) is 1. The molecule has 0 saturated heterocycles. The lowest BCUT2D eigenvalue weighted by atomic mass is 10.1. The van der Waals surface area contributed by atoms with Gasteiger partial charge in [0.15, 0.2) is 5.76 Å². The van der Waals surface area contributed by atoms with Gasteiger partial charge in [-0.3, -0.25) is 10.2 Å². The molecule has 0 aliphatic heterocycles. The molecular weight excluding hydrogens is 268 g/mol. The van der Waals surface area contributed by atoms with Crippen LogP contribution in [0.3, 0.4) is 0 Å². The Labute approximate surface area is 123 Å². The van der Waals surface area contributed by atoms with E-state index in [1.807, 2.05) is 43.1 Å². The van der Waals surface area contributed by atoms with Crippen molar-refractivity contribution in [1.82, 2.24) is 10.3 Å². The van der Waals surface area contributed by atoms with Crippen LogP contribution in [0, 0.1) is 17.2 Å². The highest BCUT2D eigenvalue weighted by atomic mass is 16.3. The second-order valence-electron chi connectivity index (χ2n) is 5.11. The molecule has 0 spiro atoms. The van der Waals surface area contributed by atoms with Crippen LogP contribution in [0.25, 0.3) is 11.0 Å². The van der Waals surface area contributed by atoms with E-state index >= 15 is 0 Å². The average molecular weight is 286 g/mol. The van der Waals surface area contributed by atoms with Crippen LogP contribution >= 0.6 is 0 Å². The first-order valence-electron chi connectivity index (χ1n) is 6.66. The van der Waals surface area contributed by atoms with Gasteiger partial charge in [0.2, 0.25) is 0 Å². The van der Waals surface area contributed by atoms with Crippen molar-refractivity contribution in [3.63, 3.8) is 0 Å². The van der Waals surface area contributed by atoms with Crippen LogP contribution in [0.4, 0.5) is 0 Å². The van der Waals surface area contributed by atoms with E-state index in [1.54, 1.807) is 0 Å². The van der Waals surface area contributed by atoms with Crippen LogP contribution in [0.2, 0.25) is 0 Å². The monoisotopic (exact) mass is 286 g/mol. The molecule has 1 atom stereocenters. The summed E-state index contributed by atoms with van der Waals surface area (Å²) in [6.45, 7) is 2.98. The van der Waals surface area contributed by atoms with Crippen LogP contribution in [0.5, 0.6) is 0 Å². The standard InChI is InChI=1S/C15H18N4O2/c1-10(7-16)8-19(2)9-12-11-5-3-4-6-13(11)21-14(12)15(20)18-17/h3-6,10H,8-9,17H2,1-2H3,(H,18,20). The second kappa shape index (κ2) is 6.39. The number of hydrogen-bond donors (Lipinski definition) is 2. The average Bonchev–Trinajstić information content (AvgIpc) is 2.85. The number of nitrogens with one attached hydrogen (secondary N) is 1. The Morgan fingerprint density at radius 1 is 1.52 bits per heavy atom. The van der Waals surface area contributed by atoms with Crippen LogP contribution in [0.1, 0.15) is 23.0 Å². The first-order valence-corrected chi connectivity index (χ1v) is 6.66. The highest BCUT2D eigenvalue weighted by molar-refractivity contribution is 5.98. The van der Waals surface area contributed by atoms with Gasteiger partial charge in [-0.05, 0) is 20.0 Å². The quantitative estimate of drug-likeness (QED) is 0.495. The predicted octanol–water partition coefficient (Wildman–Crippen LogP) is 1.63. The first kappa shape index (κ1) is 15.0. The number of nitrogens with zero attached hydrogens (tertiary/aromatic N) is 2. The zero-order valence-electron chi connectivity index (χ0n) is 12.1. The lowest BCUT2D eigenvalue weighted by Gasteiger charge is -2.17. The van der Waals surface area contributed by atoms with Crippen molar-refractivity contribution in [3.8, 4) is 6.07 Å². The first-order chi connectivity index (χ1) is 10.1. The number of rotatable bonds is 5. The smallest absolute Gasteiger partial charge is 0.301 e. The van der Waals surface area contributed by atoms with Crippen LogP contribution in [-0.2, 0) is 6.54 Å². The summed E-state index contributed by atoms with van der Waals surface area (Å²) in [5, 5.41) is 9.77. The van der Waals surface area contributed by atoms with E-state index in [0.29, 0.717) is 18.7 Å². The molecule has 0 fully saturated rings. The second-order valence-corrected chi connectivity index (χ2v) is 5.11. The maximum Gasteiger partial charge on any atom is 0.301 e. The molecule has 1 amide bonds. The molecule has 0 bridgehead atoms. The van der Waals surface area contributed by atoms with Crippen molar-refractivity contribution in [2.24, 2.45) is 11.8 Å². The number of nitrogen functional groups attached to an aromatic ring is 1. The van der Waals surface area contributed by atoms with E-state index in [0.717, 1.165) is 10.9 Å². The minimum Gasteiger partial charge on any atom is -0.451 e. The molecule has 110 valence electrons. The number of carbonyl (C=O) groups is 1. The van der Waals surface area contributed by atoms with Crippen LogP contribution < -0.4 is 11.3 Å². The summed E-state index contributed by atoms with van der Waals surface area (Å²) in [6.07, 6.45) is 0. The lowest BCUT2D eigenvalue weighted by Crippen LogP contribution is -2.31. The summed E-state index contributed by atoms with van der Waals surface area (Å²) in [4.78, 5) is 13.8. The SMILES string of the molecule is CC(C#N)CN(C)Cc1c(C(=O)NN)oc2ccccc12. The van der Waals surface area contributed by atoms with Gasteiger partial charge in [-0.25, -0.2) is 5.84 Å². The lowest BCUT2D eigenvalue weighted by molar-refractivity contribution is 0.0925. The van der Waals surface area contributed by atoms with Crippen LogP contribution in [0.15, 0.2) is 28.7 Å². The predicted molar refractivity (Wildman–Crippen MR) is 79.0 cm³/mol. The van der Waals surface area contributed by atoms with E-state index in [4.69, 9.17) is 15.5 Å². The summed E-state index contributed by atoms with van der Waals surface area (Å²) in [5.74, 6) is 4.89. The Balaban J connectivity index is 2.36. The molecule has 1 unspecified atom stereocenters. The Morgan fingerprint density at radius 2 is 2.24 bits per heavy atom. The van der Waals surface area contributed by atoms with Gasteiger partial charge in [-0.15, -0.1) is 0 Å².